The van der Waals surface area contributed by atoms with Crippen LogP contribution in [0.1, 0.15) is 45.4 Å². The molecule has 1 amide bonds. The fourth-order valence-corrected chi connectivity index (χ4v) is 3.76. The first-order chi connectivity index (χ1) is 9.60. The number of hydrogen-bond donors (Lipinski definition) is 1. The van der Waals surface area contributed by atoms with Crippen LogP contribution < -0.4 is 5.73 Å². The molecule has 0 bridgehead atoms. The number of nitrogens with two attached hydrogens (primary N) is 1. The summed E-state index contributed by atoms with van der Waals surface area (Å²) in [5.41, 5.74) is 5.45. The molecule has 1 aliphatic heterocycles. The normalized spacial score (nSPS) is 24.1. The van der Waals surface area contributed by atoms with Gasteiger partial charge in [-0.25, -0.2) is 0 Å². The first-order valence-electron chi connectivity index (χ1n) is 7.92. The number of hydrogen-bond acceptors (Lipinski definition) is 3. The summed E-state index contributed by atoms with van der Waals surface area (Å²) in [6.45, 7) is 6.79. The molecule has 0 aromatic rings. The van der Waals surface area contributed by atoms with E-state index in [1.807, 2.05) is 4.90 Å². The Hall–Kier alpha value is -0.680. The van der Waals surface area contributed by atoms with E-state index < -0.39 is 5.41 Å². The summed E-state index contributed by atoms with van der Waals surface area (Å²) in [6, 6.07) is 0. The number of carbonyl (C=O) groups excluding carboxylic acids is 1. The second kappa shape index (κ2) is 6.85. The molecule has 2 aliphatic rings. The molecule has 1 aliphatic carbocycles. The number of amides is 1. The SMILES string of the molecule is CCN1CCN(C(=O)C2(C(N)=S)CCCCCC2)CC1. The molecule has 114 valence electrons. The fraction of sp³-hybridized carbons (Fsp3) is 0.867. The molecule has 2 rings (SSSR count). The number of carbonyl (C=O) groups is 1. The van der Waals surface area contributed by atoms with Crippen LogP contribution in [0.25, 0.3) is 0 Å². The largest absolute Gasteiger partial charge is 0.392 e. The molecule has 1 saturated heterocycles. The van der Waals surface area contributed by atoms with Crippen molar-refractivity contribution in [2.45, 2.75) is 45.4 Å². The third-order valence-corrected chi connectivity index (χ3v) is 5.34. The van der Waals surface area contributed by atoms with Crippen LogP contribution in [0.15, 0.2) is 0 Å². The Labute approximate surface area is 127 Å². The van der Waals surface area contributed by atoms with Crippen LogP contribution in [0.5, 0.6) is 0 Å². The van der Waals surface area contributed by atoms with Crippen LogP contribution in [0.2, 0.25) is 0 Å². The molecule has 0 atom stereocenters. The molecule has 20 heavy (non-hydrogen) atoms. The lowest BCUT2D eigenvalue weighted by molar-refractivity contribution is -0.140. The van der Waals surface area contributed by atoms with E-state index in [1.54, 1.807) is 0 Å². The summed E-state index contributed by atoms with van der Waals surface area (Å²) >= 11 is 5.30. The molecule has 0 radical (unpaired) electrons. The van der Waals surface area contributed by atoms with E-state index in [4.69, 9.17) is 18.0 Å². The van der Waals surface area contributed by atoms with E-state index in [0.717, 1.165) is 58.4 Å². The summed E-state index contributed by atoms with van der Waals surface area (Å²) < 4.78 is 0. The van der Waals surface area contributed by atoms with Crippen molar-refractivity contribution >= 4 is 23.1 Å². The lowest BCUT2D eigenvalue weighted by atomic mass is 9.78. The minimum atomic E-state index is -0.555. The van der Waals surface area contributed by atoms with E-state index in [9.17, 15) is 4.79 Å². The summed E-state index contributed by atoms with van der Waals surface area (Å²) in [5.74, 6) is 0.197. The molecular weight excluding hydrogens is 270 g/mol. The number of piperazine rings is 1. The molecule has 0 aromatic carbocycles. The van der Waals surface area contributed by atoms with Crippen molar-refractivity contribution in [1.29, 1.82) is 0 Å². The molecule has 0 aromatic heterocycles. The van der Waals surface area contributed by atoms with Gasteiger partial charge in [0.05, 0.1) is 10.4 Å². The zero-order valence-electron chi connectivity index (χ0n) is 12.6. The molecule has 1 saturated carbocycles. The van der Waals surface area contributed by atoms with Crippen LogP contribution in [0.4, 0.5) is 0 Å². The maximum Gasteiger partial charge on any atom is 0.235 e. The second-order valence-electron chi connectivity index (χ2n) is 6.09. The van der Waals surface area contributed by atoms with Gasteiger partial charge < -0.3 is 15.5 Å². The molecule has 2 N–H and O–H groups in total. The van der Waals surface area contributed by atoms with Gasteiger partial charge in [-0.3, -0.25) is 4.79 Å². The third kappa shape index (κ3) is 3.14. The van der Waals surface area contributed by atoms with Crippen molar-refractivity contribution in [2.75, 3.05) is 32.7 Å². The average Bonchev–Trinajstić information content (AvgIpc) is 2.73. The van der Waals surface area contributed by atoms with E-state index in [1.165, 1.54) is 12.8 Å². The van der Waals surface area contributed by atoms with Crippen LogP contribution in [0.3, 0.4) is 0 Å². The minimum Gasteiger partial charge on any atom is -0.392 e. The topological polar surface area (TPSA) is 49.6 Å². The van der Waals surface area contributed by atoms with Crippen molar-refractivity contribution in [3.05, 3.63) is 0 Å². The van der Waals surface area contributed by atoms with Gasteiger partial charge in [0.25, 0.3) is 0 Å². The Kier molecular flexibility index (Phi) is 5.38. The zero-order valence-corrected chi connectivity index (χ0v) is 13.4. The Morgan fingerprint density at radius 1 is 1.10 bits per heavy atom. The average molecular weight is 297 g/mol. The van der Waals surface area contributed by atoms with E-state index in [-0.39, 0.29) is 5.91 Å². The Morgan fingerprint density at radius 2 is 1.65 bits per heavy atom. The highest BCUT2D eigenvalue weighted by Gasteiger charge is 2.44. The van der Waals surface area contributed by atoms with Crippen molar-refractivity contribution in [3.8, 4) is 0 Å². The number of likely N-dealkylation sites (N-methyl/N-ethyl adjacent to an activating group) is 1. The van der Waals surface area contributed by atoms with Gasteiger partial charge in [0.15, 0.2) is 0 Å². The van der Waals surface area contributed by atoms with Gasteiger partial charge in [-0.05, 0) is 19.4 Å². The molecule has 0 spiro atoms. The number of nitrogens with zero attached hydrogens (tertiary/aromatic N) is 2. The lowest BCUT2D eigenvalue weighted by Gasteiger charge is -2.40. The van der Waals surface area contributed by atoms with Crippen LogP contribution in [-0.2, 0) is 4.79 Å². The standard InChI is InChI=1S/C15H27N3OS/c1-2-17-9-11-18(12-10-17)14(19)15(13(16)20)7-5-3-4-6-8-15/h2-12H2,1H3,(H2,16,20). The monoisotopic (exact) mass is 297 g/mol. The van der Waals surface area contributed by atoms with Gasteiger partial charge in [-0.15, -0.1) is 0 Å². The van der Waals surface area contributed by atoms with Crippen LogP contribution in [0, 0.1) is 5.41 Å². The quantitative estimate of drug-likeness (QED) is 0.637. The van der Waals surface area contributed by atoms with Gasteiger partial charge in [0, 0.05) is 26.2 Å². The zero-order chi connectivity index (χ0) is 14.6. The van der Waals surface area contributed by atoms with Crippen molar-refractivity contribution < 1.29 is 4.79 Å². The summed E-state index contributed by atoms with van der Waals surface area (Å²) in [6.07, 6.45) is 6.21. The second-order valence-corrected chi connectivity index (χ2v) is 6.53. The summed E-state index contributed by atoms with van der Waals surface area (Å²) in [5, 5.41) is 0. The molecule has 0 unspecified atom stereocenters. The van der Waals surface area contributed by atoms with Gasteiger partial charge in [-0.1, -0.05) is 44.8 Å². The van der Waals surface area contributed by atoms with E-state index >= 15 is 0 Å². The highest BCUT2D eigenvalue weighted by molar-refractivity contribution is 7.80. The van der Waals surface area contributed by atoms with Crippen LogP contribution >= 0.6 is 12.2 Å². The number of thiocarbonyl (C=S) groups is 1. The van der Waals surface area contributed by atoms with Gasteiger partial charge in [-0.2, -0.15) is 0 Å². The highest BCUT2D eigenvalue weighted by Crippen LogP contribution is 2.37. The first-order valence-corrected chi connectivity index (χ1v) is 8.32. The number of rotatable bonds is 3. The third-order valence-electron chi connectivity index (χ3n) is 4.94. The Balaban J connectivity index is 2.09. The van der Waals surface area contributed by atoms with Crippen molar-refractivity contribution in [3.63, 3.8) is 0 Å². The molecule has 2 fully saturated rings. The lowest BCUT2D eigenvalue weighted by Crippen LogP contribution is -2.56. The van der Waals surface area contributed by atoms with Gasteiger partial charge in [0.2, 0.25) is 5.91 Å². The van der Waals surface area contributed by atoms with Gasteiger partial charge in [0.1, 0.15) is 0 Å². The van der Waals surface area contributed by atoms with Gasteiger partial charge >= 0.3 is 0 Å². The smallest absolute Gasteiger partial charge is 0.235 e. The van der Waals surface area contributed by atoms with E-state index in [0.29, 0.717) is 4.99 Å². The first kappa shape index (κ1) is 15.7. The maximum absolute atomic E-state index is 13.0. The Morgan fingerprint density at radius 3 is 2.10 bits per heavy atom. The maximum atomic E-state index is 13.0. The predicted molar refractivity (Wildman–Crippen MR) is 85.6 cm³/mol. The molecule has 1 heterocycles. The molecular formula is C15H27N3OS. The fourth-order valence-electron chi connectivity index (χ4n) is 3.47. The van der Waals surface area contributed by atoms with E-state index in [2.05, 4.69) is 11.8 Å². The summed E-state index contributed by atoms with van der Waals surface area (Å²) in [7, 11) is 0. The highest BCUT2D eigenvalue weighted by atomic mass is 32.1. The minimum absolute atomic E-state index is 0.197. The summed E-state index contributed by atoms with van der Waals surface area (Å²) in [4.78, 5) is 17.8. The predicted octanol–water partition coefficient (Wildman–Crippen LogP) is 1.78. The molecule has 4 nitrogen and oxygen atoms in total. The van der Waals surface area contributed by atoms with Crippen LogP contribution in [-0.4, -0.2) is 53.4 Å². The van der Waals surface area contributed by atoms with Crippen molar-refractivity contribution in [1.82, 2.24) is 9.80 Å². The van der Waals surface area contributed by atoms with Crippen molar-refractivity contribution in [2.24, 2.45) is 11.1 Å². The molecule has 5 heteroatoms. The Bertz CT molecular complexity index is 356.